The molecule has 3 heteroatoms. The fourth-order valence-electron chi connectivity index (χ4n) is 9.63. The van der Waals surface area contributed by atoms with Gasteiger partial charge in [0.05, 0.1) is 28.1 Å². The van der Waals surface area contributed by atoms with Gasteiger partial charge in [-0.2, -0.15) is 0 Å². The molecule has 296 valence electrons. The van der Waals surface area contributed by atoms with Gasteiger partial charge < -0.3 is 13.9 Å². The van der Waals surface area contributed by atoms with Crippen LogP contribution in [0.5, 0.6) is 0 Å². The van der Waals surface area contributed by atoms with Gasteiger partial charge in [-0.1, -0.05) is 194 Å². The van der Waals surface area contributed by atoms with E-state index in [-0.39, 0.29) is 0 Å². The SMILES string of the molecule is c1ccc(-c2ccccc2-c2ccc(-n3c4ccccc4c4c(N(c5ccccc5-c5ccccc5)c5ccccc5-c5cccc6c5oc5ccccc56)cccc43)cc2)cc1. The van der Waals surface area contributed by atoms with Crippen LogP contribution in [0.1, 0.15) is 0 Å². The predicted octanol–water partition coefficient (Wildman–Crippen LogP) is 16.8. The lowest BCUT2D eigenvalue weighted by Crippen LogP contribution is -2.13. The summed E-state index contributed by atoms with van der Waals surface area (Å²) in [4.78, 5) is 2.47. The maximum atomic E-state index is 6.70. The fourth-order valence-corrected chi connectivity index (χ4v) is 9.63. The van der Waals surface area contributed by atoms with Crippen molar-refractivity contribution in [1.29, 1.82) is 0 Å². The number of hydrogen-bond donors (Lipinski definition) is 0. The highest BCUT2D eigenvalue weighted by Crippen LogP contribution is 2.50. The van der Waals surface area contributed by atoms with Crippen LogP contribution in [0.2, 0.25) is 0 Å². The van der Waals surface area contributed by atoms with Crippen LogP contribution >= 0.6 is 0 Å². The number of fused-ring (bicyclic) bond motifs is 6. The molecule has 0 atom stereocenters. The van der Waals surface area contributed by atoms with Crippen molar-refractivity contribution in [2.24, 2.45) is 0 Å². The summed E-state index contributed by atoms with van der Waals surface area (Å²) in [5.41, 5.74) is 17.6. The lowest BCUT2D eigenvalue weighted by Gasteiger charge is -2.30. The quantitative estimate of drug-likeness (QED) is 0.153. The number of para-hydroxylation sites is 5. The molecule has 0 radical (unpaired) electrons. The molecule has 0 aliphatic carbocycles. The standard InChI is InChI=1S/C60H40N2O/c1-3-19-41(20-4-1)45-23-7-8-24-46(45)43-37-39-44(40-38-43)61-55-33-15-11-28-52(55)59-56(61)34-18-35-57(59)62(53-31-13-9-25-47(53)42-21-5-2-6-22-42)54-32-14-10-26-48(54)50-29-17-30-51-49-27-12-16-36-58(49)63-60(50)51/h1-40H. The second kappa shape index (κ2) is 15.3. The van der Waals surface area contributed by atoms with E-state index in [0.717, 1.165) is 78.0 Å². The third kappa shape index (κ3) is 6.13. The molecule has 0 fully saturated rings. The van der Waals surface area contributed by atoms with Gasteiger partial charge in [-0.3, -0.25) is 0 Å². The van der Waals surface area contributed by atoms with Gasteiger partial charge in [-0.05, 0) is 76.3 Å². The van der Waals surface area contributed by atoms with Crippen LogP contribution in [0.4, 0.5) is 17.1 Å². The van der Waals surface area contributed by atoms with Crippen molar-refractivity contribution in [1.82, 2.24) is 4.57 Å². The number of furan rings is 1. The molecule has 3 nitrogen and oxygen atoms in total. The van der Waals surface area contributed by atoms with Crippen molar-refractivity contribution in [2.45, 2.75) is 0 Å². The smallest absolute Gasteiger partial charge is 0.143 e. The number of aromatic nitrogens is 1. The van der Waals surface area contributed by atoms with Crippen molar-refractivity contribution >= 4 is 60.8 Å². The molecule has 10 aromatic carbocycles. The molecule has 12 aromatic rings. The average molecular weight is 805 g/mol. The minimum atomic E-state index is 0.882. The zero-order chi connectivity index (χ0) is 41.7. The Bertz CT molecular complexity index is 3620. The zero-order valence-corrected chi connectivity index (χ0v) is 34.4. The number of benzene rings is 10. The van der Waals surface area contributed by atoms with Crippen molar-refractivity contribution in [3.8, 4) is 50.2 Å². The van der Waals surface area contributed by atoms with Crippen LogP contribution in [0.25, 0.3) is 93.9 Å². The second-order valence-corrected chi connectivity index (χ2v) is 16.0. The number of rotatable bonds is 8. The maximum Gasteiger partial charge on any atom is 0.143 e. The Morgan fingerprint density at radius 1 is 0.302 bits per heavy atom. The Labute approximate surface area is 366 Å². The highest BCUT2D eigenvalue weighted by molar-refractivity contribution is 6.18. The van der Waals surface area contributed by atoms with E-state index in [1.54, 1.807) is 0 Å². The molecule has 2 aromatic heterocycles. The number of anilines is 3. The molecule has 0 spiro atoms. The minimum absolute atomic E-state index is 0.882. The molecule has 12 rings (SSSR count). The number of nitrogens with zero attached hydrogens (tertiary/aromatic N) is 2. The van der Waals surface area contributed by atoms with Gasteiger partial charge in [0, 0.05) is 43.9 Å². The molecule has 0 aliphatic rings. The maximum absolute atomic E-state index is 6.70. The van der Waals surface area contributed by atoms with Crippen LogP contribution in [0.3, 0.4) is 0 Å². The van der Waals surface area contributed by atoms with Crippen molar-refractivity contribution < 1.29 is 4.42 Å². The summed E-state index contributed by atoms with van der Waals surface area (Å²) in [5, 5.41) is 4.57. The van der Waals surface area contributed by atoms with E-state index in [4.69, 9.17) is 4.42 Å². The third-order valence-corrected chi connectivity index (χ3v) is 12.4. The molecule has 0 saturated heterocycles. The summed E-state index contributed by atoms with van der Waals surface area (Å²) >= 11 is 0. The van der Waals surface area contributed by atoms with Crippen LogP contribution < -0.4 is 4.90 Å². The summed E-state index contributed by atoms with van der Waals surface area (Å²) < 4.78 is 9.12. The summed E-state index contributed by atoms with van der Waals surface area (Å²) in [6, 6.07) is 87.1. The van der Waals surface area contributed by atoms with E-state index in [0.29, 0.717) is 0 Å². The van der Waals surface area contributed by atoms with E-state index in [9.17, 15) is 0 Å². The molecule has 63 heavy (non-hydrogen) atoms. The molecule has 0 aliphatic heterocycles. The Hall–Kier alpha value is -8.40. The minimum Gasteiger partial charge on any atom is -0.455 e. The van der Waals surface area contributed by atoms with Gasteiger partial charge in [0.25, 0.3) is 0 Å². The third-order valence-electron chi connectivity index (χ3n) is 12.4. The highest BCUT2D eigenvalue weighted by atomic mass is 16.3. The molecule has 0 saturated carbocycles. The van der Waals surface area contributed by atoms with E-state index in [2.05, 4.69) is 246 Å². The highest BCUT2D eigenvalue weighted by Gasteiger charge is 2.26. The summed E-state index contributed by atoms with van der Waals surface area (Å²) in [6.45, 7) is 0. The fraction of sp³-hybridized carbons (Fsp3) is 0. The van der Waals surface area contributed by atoms with Gasteiger partial charge >= 0.3 is 0 Å². The first-order valence-electron chi connectivity index (χ1n) is 21.5. The zero-order valence-electron chi connectivity index (χ0n) is 34.4. The lowest BCUT2D eigenvalue weighted by atomic mass is 9.94. The lowest BCUT2D eigenvalue weighted by molar-refractivity contribution is 0.670. The summed E-state index contributed by atoms with van der Waals surface area (Å²) in [7, 11) is 0. The predicted molar refractivity (Wildman–Crippen MR) is 264 cm³/mol. The molecule has 0 unspecified atom stereocenters. The van der Waals surface area contributed by atoms with Crippen LogP contribution in [-0.4, -0.2) is 4.57 Å². The van der Waals surface area contributed by atoms with E-state index >= 15 is 0 Å². The Balaban J connectivity index is 1.09. The van der Waals surface area contributed by atoms with Gasteiger partial charge in [0.15, 0.2) is 0 Å². The molecule has 0 amide bonds. The largest absolute Gasteiger partial charge is 0.455 e. The monoisotopic (exact) mass is 804 g/mol. The van der Waals surface area contributed by atoms with Gasteiger partial charge in [0.2, 0.25) is 0 Å². The van der Waals surface area contributed by atoms with Gasteiger partial charge in [-0.15, -0.1) is 0 Å². The van der Waals surface area contributed by atoms with Crippen molar-refractivity contribution in [3.05, 3.63) is 243 Å². The number of hydrogen-bond acceptors (Lipinski definition) is 2. The van der Waals surface area contributed by atoms with Gasteiger partial charge in [-0.25, -0.2) is 0 Å². The van der Waals surface area contributed by atoms with Crippen LogP contribution in [0.15, 0.2) is 247 Å². The van der Waals surface area contributed by atoms with Crippen LogP contribution in [-0.2, 0) is 0 Å². The van der Waals surface area contributed by atoms with Crippen molar-refractivity contribution in [3.63, 3.8) is 0 Å². The summed E-state index contributed by atoms with van der Waals surface area (Å²) in [6.07, 6.45) is 0. The van der Waals surface area contributed by atoms with E-state index < -0.39 is 0 Å². The molecule has 2 heterocycles. The second-order valence-electron chi connectivity index (χ2n) is 16.0. The van der Waals surface area contributed by atoms with Crippen LogP contribution in [0, 0.1) is 0 Å². The average Bonchev–Trinajstić information content (AvgIpc) is 3.92. The van der Waals surface area contributed by atoms with Gasteiger partial charge in [0.1, 0.15) is 11.2 Å². The van der Waals surface area contributed by atoms with E-state index in [1.807, 2.05) is 6.07 Å². The van der Waals surface area contributed by atoms with E-state index in [1.165, 1.54) is 33.0 Å². The topological polar surface area (TPSA) is 21.3 Å². The Morgan fingerprint density at radius 3 is 1.51 bits per heavy atom. The molecule has 0 bridgehead atoms. The molecular formula is C60H40N2O. The summed E-state index contributed by atoms with van der Waals surface area (Å²) in [5.74, 6) is 0. The first-order valence-corrected chi connectivity index (χ1v) is 21.5. The Morgan fingerprint density at radius 2 is 0.778 bits per heavy atom. The normalized spacial score (nSPS) is 11.5. The van der Waals surface area contributed by atoms with Crippen molar-refractivity contribution in [2.75, 3.05) is 4.90 Å². The molecule has 0 N–H and O–H groups in total. The Kier molecular flexibility index (Phi) is 8.83. The molecular weight excluding hydrogens is 765 g/mol. The first-order chi connectivity index (χ1) is 31.3. The first kappa shape index (κ1) is 36.5.